The van der Waals surface area contributed by atoms with Crippen LogP contribution in [-0.2, 0) is 0 Å². The summed E-state index contributed by atoms with van der Waals surface area (Å²) in [5.41, 5.74) is 1.92. The Morgan fingerprint density at radius 3 is 2.96 bits per heavy atom. The second kappa shape index (κ2) is 8.25. The van der Waals surface area contributed by atoms with Crippen molar-refractivity contribution in [1.29, 1.82) is 0 Å². The minimum Gasteiger partial charge on any atom is -0.360 e. The molecule has 0 spiro atoms. The SMILES string of the molecule is Cc1onc(-c2ccncc2)c1C(=O)NCCCN1CCC[C@H](C)C1. The van der Waals surface area contributed by atoms with Crippen molar-refractivity contribution < 1.29 is 9.32 Å². The molecule has 1 atom stereocenters. The molecule has 0 aliphatic carbocycles. The van der Waals surface area contributed by atoms with Crippen molar-refractivity contribution in [3.8, 4) is 11.3 Å². The van der Waals surface area contributed by atoms with E-state index in [1.165, 1.54) is 25.9 Å². The lowest BCUT2D eigenvalue weighted by atomic mass is 10.0. The first-order valence-corrected chi connectivity index (χ1v) is 9.02. The van der Waals surface area contributed by atoms with Gasteiger partial charge in [-0.25, -0.2) is 0 Å². The highest BCUT2D eigenvalue weighted by Crippen LogP contribution is 2.24. The fraction of sp³-hybridized carbons (Fsp3) is 0.526. The molecule has 1 N–H and O–H groups in total. The van der Waals surface area contributed by atoms with Crippen LogP contribution in [-0.4, -0.2) is 47.1 Å². The molecule has 6 nitrogen and oxygen atoms in total. The Labute approximate surface area is 148 Å². The largest absolute Gasteiger partial charge is 0.360 e. The summed E-state index contributed by atoms with van der Waals surface area (Å²) in [7, 11) is 0. The van der Waals surface area contributed by atoms with E-state index in [2.05, 4.69) is 27.3 Å². The molecule has 3 heterocycles. The molecule has 0 aromatic carbocycles. The molecule has 0 bridgehead atoms. The van der Waals surface area contributed by atoms with Gasteiger partial charge in [-0.1, -0.05) is 12.1 Å². The maximum atomic E-state index is 12.6. The Morgan fingerprint density at radius 1 is 1.40 bits per heavy atom. The number of piperidine rings is 1. The molecule has 0 radical (unpaired) electrons. The lowest BCUT2D eigenvalue weighted by molar-refractivity contribution is 0.0949. The van der Waals surface area contributed by atoms with E-state index in [9.17, 15) is 4.79 Å². The summed E-state index contributed by atoms with van der Waals surface area (Å²) < 4.78 is 5.24. The molecule has 25 heavy (non-hydrogen) atoms. The van der Waals surface area contributed by atoms with Crippen LogP contribution in [0.1, 0.15) is 42.3 Å². The Morgan fingerprint density at radius 2 is 2.20 bits per heavy atom. The van der Waals surface area contributed by atoms with Crippen LogP contribution < -0.4 is 5.32 Å². The van der Waals surface area contributed by atoms with Crippen LogP contribution in [0.3, 0.4) is 0 Å². The van der Waals surface area contributed by atoms with Gasteiger partial charge in [0.1, 0.15) is 17.0 Å². The molecular weight excluding hydrogens is 316 g/mol. The summed E-state index contributed by atoms with van der Waals surface area (Å²) >= 11 is 0. The van der Waals surface area contributed by atoms with E-state index in [1.54, 1.807) is 19.3 Å². The average molecular weight is 342 g/mol. The summed E-state index contributed by atoms with van der Waals surface area (Å²) in [6, 6.07) is 3.65. The summed E-state index contributed by atoms with van der Waals surface area (Å²) in [5.74, 6) is 1.19. The van der Waals surface area contributed by atoms with Gasteiger partial charge in [0.25, 0.3) is 5.91 Å². The van der Waals surface area contributed by atoms with E-state index in [0.29, 0.717) is 23.6 Å². The fourth-order valence-corrected chi connectivity index (χ4v) is 3.43. The van der Waals surface area contributed by atoms with Gasteiger partial charge in [-0.05, 0) is 57.3 Å². The molecule has 1 amide bonds. The molecular formula is C19H26N4O2. The zero-order valence-corrected chi connectivity index (χ0v) is 15.0. The average Bonchev–Trinajstić information content (AvgIpc) is 3.01. The number of likely N-dealkylation sites (tertiary alicyclic amines) is 1. The third kappa shape index (κ3) is 4.45. The fourth-order valence-electron chi connectivity index (χ4n) is 3.43. The minimum absolute atomic E-state index is 0.127. The van der Waals surface area contributed by atoms with Gasteiger partial charge in [-0.3, -0.25) is 9.78 Å². The Kier molecular flexibility index (Phi) is 5.81. The van der Waals surface area contributed by atoms with Gasteiger partial charge >= 0.3 is 0 Å². The number of pyridine rings is 1. The molecule has 134 valence electrons. The van der Waals surface area contributed by atoms with Gasteiger partial charge in [0.15, 0.2) is 0 Å². The summed E-state index contributed by atoms with van der Waals surface area (Å²) in [5, 5.41) is 7.05. The van der Waals surface area contributed by atoms with Crippen LogP contribution in [0.25, 0.3) is 11.3 Å². The van der Waals surface area contributed by atoms with Gasteiger partial charge in [-0.2, -0.15) is 0 Å². The molecule has 3 rings (SSSR count). The third-order valence-corrected chi connectivity index (χ3v) is 4.72. The summed E-state index contributed by atoms with van der Waals surface area (Å²) in [4.78, 5) is 19.1. The molecule has 1 fully saturated rings. The quantitative estimate of drug-likeness (QED) is 0.817. The van der Waals surface area contributed by atoms with Crippen molar-refractivity contribution >= 4 is 5.91 Å². The number of nitrogens with zero attached hydrogens (tertiary/aromatic N) is 3. The van der Waals surface area contributed by atoms with E-state index in [0.717, 1.165) is 24.4 Å². The Hall–Kier alpha value is -2.21. The number of aryl methyl sites for hydroxylation is 1. The number of hydrogen-bond donors (Lipinski definition) is 1. The number of amides is 1. The second-order valence-corrected chi connectivity index (χ2v) is 6.86. The van der Waals surface area contributed by atoms with Crippen molar-refractivity contribution in [3.05, 3.63) is 35.9 Å². The summed E-state index contributed by atoms with van der Waals surface area (Å²) in [6.07, 6.45) is 6.93. The van der Waals surface area contributed by atoms with Crippen LogP contribution in [0, 0.1) is 12.8 Å². The zero-order valence-electron chi connectivity index (χ0n) is 15.0. The number of carbonyl (C=O) groups excluding carboxylic acids is 1. The molecule has 1 saturated heterocycles. The van der Waals surface area contributed by atoms with Crippen molar-refractivity contribution in [3.63, 3.8) is 0 Å². The molecule has 2 aromatic rings. The number of hydrogen-bond acceptors (Lipinski definition) is 5. The van der Waals surface area contributed by atoms with E-state index in [1.807, 2.05) is 12.1 Å². The van der Waals surface area contributed by atoms with Crippen molar-refractivity contribution in [1.82, 2.24) is 20.4 Å². The zero-order chi connectivity index (χ0) is 17.6. The van der Waals surface area contributed by atoms with Crippen LogP contribution in [0.2, 0.25) is 0 Å². The third-order valence-electron chi connectivity index (χ3n) is 4.72. The topological polar surface area (TPSA) is 71.3 Å². The predicted octanol–water partition coefficient (Wildman–Crippen LogP) is 2.90. The summed E-state index contributed by atoms with van der Waals surface area (Å²) in [6.45, 7) is 8.11. The smallest absolute Gasteiger partial charge is 0.257 e. The second-order valence-electron chi connectivity index (χ2n) is 6.86. The highest BCUT2D eigenvalue weighted by atomic mass is 16.5. The molecule has 1 aliphatic rings. The van der Waals surface area contributed by atoms with Gasteiger partial charge in [0, 0.05) is 31.0 Å². The maximum Gasteiger partial charge on any atom is 0.257 e. The lowest BCUT2D eigenvalue weighted by Gasteiger charge is -2.30. The lowest BCUT2D eigenvalue weighted by Crippen LogP contribution is -2.36. The van der Waals surface area contributed by atoms with E-state index >= 15 is 0 Å². The molecule has 6 heteroatoms. The van der Waals surface area contributed by atoms with E-state index in [-0.39, 0.29) is 5.91 Å². The van der Waals surface area contributed by atoms with Crippen molar-refractivity contribution in [2.45, 2.75) is 33.1 Å². The first-order chi connectivity index (χ1) is 12.1. The molecule has 0 unspecified atom stereocenters. The number of nitrogens with one attached hydrogen (secondary N) is 1. The monoisotopic (exact) mass is 342 g/mol. The van der Waals surface area contributed by atoms with E-state index in [4.69, 9.17) is 4.52 Å². The molecule has 0 saturated carbocycles. The standard InChI is InChI=1S/C19H26N4O2/c1-14-5-3-11-23(13-14)12-4-8-21-19(24)17-15(2)25-22-18(17)16-6-9-20-10-7-16/h6-7,9-10,14H,3-5,8,11-13H2,1-2H3,(H,21,24)/t14-/m0/s1. The van der Waals surface area contributed by atoms with Gasteiger partial charge < -0.3 is 14.7 Å². The first-order valence-electron chi connectivity index (χ1n) is 9.02. The van der Waals surface area contributed by atoms with Crippen LogP contribution >= 0.6 is 0 Å². The van der Waals surface area contributed by atoms with E-state index < -0.39 is 0 Å². The molecule has 2 aromatic heterocycles. The normalized spacial score (nSPS) is 18.2. The maximum absolute atomic E-state index is 12.6. The highest BCUT2D eigenvalue weighted by molar-refractivity contribution is 6.00. The molecule has 1 aliphatic heterocycles. The van der Waals surface area contributed by atoms with Gasteiger partial charge in [-0.15, -0.1) is 0 Å². The van der Waals surface area contributed by atoms with Gasteiger partial charge in [0.05, 0.1) is 0 Å². The number of aromatic nitrogens is 2. The van der Waals surface area contributed by atoms with Crippen molar-refractivity contribution in [2.24, 2.45) is 5.92 Å². The minimum atomic E-state index is -0.127. The Balaban J connectivity index is 1.54. The highest BCUT2D eigenvalue weighted by Gasteiger charge is 2.21. The van der Waals surface area contributed by atoms with Crippen molar-refractivity contribution in [2.75, 3.05) is 26.2 Å². The number of carbonyl (C=O) groups is 1. The predicted molar refractivity (Wildman–Crippen MR) is 96.3 cm³/mol. The van der Waals surface area contributed by atoms with Crippen LogP contribution in [0.5, 0.6) is 0 Å². The number of rotatable bonds is 6. The Bertz CT molecular complexity index is 699. The first kappa shape index (κ1) is 17.6. The van der Waals surface area contributed by atoms with Gasteiger partial charge in [0.2, 0.25) is 0 Å². The van der Waals surface area contributed by atoms with Crippen LogP contribution in [0.15, 0.2) is 29.0 Å². The van der Waals surface area contributed by atoms with Crippen LogP contribution in [0.4, 0.5) is 0 Å².